The van der Waals surface area contributed by atoms with Crippen molar-refractivity contribution in [2.75, 3.05) is 39.5 Å². The number of rotatable bonds is 11. The number of aliphatic hydroxyl groups is 2. The van der Waals surface area contributed by atoms with E-state index in [9.17, 15) is 29.4 Å². The summed E-state index contributed by atoms with van der Waals surface area (Å²) in [5.74, 6) is -5.99. The second-order valence-corrected chi connectivity index (χ2v) is 19.9. The lowest BCUT2D eigenvalue weighted by Gasteiger charge is -2.67. The van der Waals surface area contributed by atoms with Crippen LogP contribution in [0.4, 0.5) is 9.18 Å². The van der Waals surface area contributed by atoms with E-state index in [-0.39, 0.29) is 25.0 Å². The van der Waals surface area contributed by atoms with Gasteiger partial charge in [-0.3, -0.25) is 14.5 Å². The van der Waals surface area contributed by atoms with Gasteiger partial charge in [-0.15, -0.1) is 0 Å². The van der Waals surface area contributed by atoms with Gasteiger partial charge in [0.15, 0.2) is 11.7 Å². The number of morpholine rings is 1. The number of carbonyl (C=O) groups is 5. The average Bonchev–Trinajstić information content (AvgIpc) is 3.25. The molecular weight excluding hydrogens is 844 g/mol. The molecule has 16 heteroatoms. The number of alkyl halides is 1. The number of benzene rings is 2. The zero-order valence-electron chi connectivity index (χ0n) is 38.5. The van der Waals surface area contributed by atoms with Crippen molar-refractivity contribution in [1.82, 2.24) is 10.2 Å². The van der Waals surface area contributed by atoms with E-state index >= 15 is 9.18 Å². The molecule has 2 aromatic carbocycles. The van der Waals surface area contributed by atoms with Crippen molar-refractivity contribution < 1.29 is 67.0 Å². The fourth-order valence-corrected chi connectivity index (χ4v) is 11.2. The molecule has 2 aliphatic heterocycles. The first kappa shape index (κ1) is 48.2. The Morgan fingerprint density at radius 2 is 1.62 bits per heavy atom. The van der Waals surface area contributed by atoms with Crippen LogP contribution >= 0.6 is 0 Å². The van der Waals surface area contributed by atoms with E-state index < -0.39 is 112 Å². The van der Waals surface area contributed by atoms with Crippen molar-refractivity contribution in [2.45, 2.75) is 128 Å². The van der Waals surface area contributed by atoms with E-state index in [1.807, 2.05) is 0 Å². The van der Waals surface area contributed by atoms with Crippen molar-refractivity contribution in [1.29, 1.82) is 0 Å². The van der Waals surface area contributed by atoms with Gasteiger partial charge in [0.2, 0.25) is 0 Å². The predicted octanol–water partition coefficient (Wildman–Crippen LogP) is 5.21. The highest BCUT2D eigenvalue weighted by Gasteiger charge is 2.78. The smallest absolute Gasteiger partial charge is 0.408 e. The van der Waals surface area contributed by atoms with Crippen LogP contribution in [0, 0.1) is 22.7 Å². The molecule has 4 fully saturated rings. The van der Waals surface area contributed by atoms with Gasteiger partial charge in [0.25, 0.3) is 0 Å². The Morgan fingerprint density at radius 1 is 0.985 bits per heavy atom. The maximum atomic E-state index is 17.5. The minimum Gasteiger partial charge on any atom is -0.456 e. The molecule has 0 unspecified atom stereocenters. The van der Waals surface area contributed by atoms with Gasteiger partial charge in [0, 0.05) is 44.2 Å². The topological polar surface area (TPSA) is 196 Å². The summed E-state index contributed by atoms with van der Waals surface area (Å²) in [7, 11) is 0. The van der Waals surface area contributed by atoms with Crippen molar-refractivity contribution in [3.8, 4) is 0 Å². The molecule has 3 N–H and O–H groups in total. The molecule has 1 amide bonds. The second kappa shape index (κ2) is 18.2. The number of hydrogen-bond acceptors (Lipinski definition) is 14. The highest BCUT2D eigenvalue weighted by molar-refractivity contribution is 5.93. The highest BCUT2D eigenvalue weighted by atomic mass is 19.1. The van der Waals surface area contributed by atoms with Crippen LogP contribution < -0.4 is 5.32 Å². The van der Waals surface area contributed by atoms with Crippen molar-refractivity contribution in [3.05, 3.63) is 82.9 Å². The number of amides is 1. The van der Waals surface area contributed by atoms with Gasteiger partial charge in [0.05, 0.1) is 42.8 Å². The number of halogens is 1. The largest absolute Gasteiger partial charge is 0.456 e. The maximum absolute atomic E-state index is 17.5. The molecule has 11 atom stereocenters. The summed E-state index contributed by atoms with van der Waals surface area (Å²) in [5, 5.41) is 28.3. The maximum Gasteiger partial charge on any atom is 0.408 e. The molecule has 65 heavy (non-hydrogen) atoms. The number of alkyl carbamates (subject to hydrolysis) is 1. The number of esters is 3. The van der Waals surface area contributed by atoms with E-state index in [1.165, 1.54) is 26.0 Å². The molecule has 3 aliphatic carbocycles. The molecule has 0 aromatic heterocycles. The number of fused-ring (bicyclic) bond motifs is 5. The van der Waals surface area contributed by atoms with Crippen LogP contribution in [-0.4, -0.2) is 132 Å². The molecule has 15 nitrogen and oxygen atoms in total. The summed E-state index contributed by atoms with van der Waals surface area (Å²) in [6.07, 6.45) is -9.65. The SMILES string of the molecule is CC(=O)O[C@@]12CO[C@@H]1C[C@@H](F)[C@@]1(C)C(=O)[C@H](CCN3CCOCC3)C3=C(C)[C@@H](OC(=O)[C@H](O)[C@@H](NC(=O)OC(C)(C)C)c4ccccc4)C[C@@](O)([C@@H](OC(=O)c4ccccc4)[C@H]21)C3(C)C. The van der Waals surface area contributed by atoms with Crippen molar-refractivity contribution in [2.24, 2.45) is 22.7 Å². The normalized spacial score (nSPS) is 33.1. The fraction of sp³-hybridized carbons (Fsp3) is 0.612. The molecule has 5 aliphatic rings. The monoisotopic (exact) mass is 906 g/mol. The Morgan fingerprint density at radius 3 is 2.20 bits per heavy atom. The summed E-state index contributed by atoms with van der Waals surface area (Å²) in [4.78, 5) is 73.1. The van der Waals surface area contributed by atoms with Gasteiger partial charge in [-0.1, -0.05) is 62.4 Å². The second-order valence-electron chi connectivity index (χ2n) is 19.9. The Bertz CT molecular complexity index is 2160. The zero-order valence-corrected chi connectivity index (χ0v) is 38.5. The molecule has 0 radical (unpaired) electrons. The van der Waals surface area contributed by atoms with Crippen LogP contribution in [-0.2, 0) is 42.8 Å². The van der Waals surface area contributed by atoms with Gasteiger partial charge in [-0.05, 0) is 76.4 Å². The van der Waals surface area contributed by atoms with Gasteiger partial charge in [0.1, 0.15) is 41.5 Å². The Labute approximate surface area is 379 Å². The van der Waals surface area contributed by atoms with E-state index in [2.05, 4.69) is 10.2 Å². The average molecular weight is 907 g/mol. The Kier molecular flexibility index (Phi) is 13.5. The molecule has 2 saturated heterocycles. The van der Waals surface area contributed by atoms with Crippen LogP contribution in [0.3, 0.4) is 0 Å². The number of nitrogens with one attached hydrogen (secondary N) is 1. The Balaban J connectivity index is 1.39. The fourth-order valence-electron chi connectivity index (χ4n) is 11.2. The Hall–Kier alpha value is -4.74. The third kappa shape index (κ3) is 8.84. The third-order valence-electron chi connectivity index (χ3n) is 14.5. The zero-order chi connectivity index (χ0) is 47.3. The quantitative estimate of drug-likeness (QED) is 0.151. The molecular formula is C49H63FN2O13. The lowest BCUT2D eigenvalue weighted by molar-refractivity contribution is -0.341. The minimum atomic E-state index is -2.29. The molecule has 2 saturated carbocycles. The van der Waals surface area contributed by atoms with Gasteiger partial charge >= 0.3 is 24.0 Å². The predicted molar refractivity (Wildman–Crippen MR) is 232 cm³/mol. The third-order valence-corrected chi connectivity index (χ3v) is 14.5. The number of carbonyl (C=O) groups excluding carboxylic acids is 5. The van der Waals surface area contributed by atoms with Crippen molar-refractivity contribution in [3.63, 3.8) is 0 Å². The van der Waals surface area contributed by atoms with E-state index in [0.717, 1.165) is 0 Å². The first-order valence-corrected chi connectivity index (χ1v) is 22.5. The molecule has 2 bridgehead atoms. The first-order valence-electron chi connectivity index (χ1n) is 22.5. The van der Waals surface area contributed by atoms with E-state index in [0.29, 0.717) is 49.6 Å². The van der Waals surface area contributed by atoms with E-state index in [4.69, 9.17) is 28.4 Å². The number of ketones is 1. The van der Waals surface area contributed by atoms with Crippen molar-refractivity contribution >= 4 is 29.8 Å². The summed E-state index contributed by atoms with van der Waals surface area (Å²) < 4.78 is 53.4. The van der Waals surface area contributed by atoms with Crippen LogP contribution in [0.5, 0.6) is 0 Å². The van der Waals surface area contributed by atoms with Gasteiger partial charge < -0.3 is 44.0 Å². The summed E-state index contributed by atoms with van der Waals surface area (Å²) in [5.41, 5.74) is -7.22. The number of hydrogen-bond donors (Lipinski definition) is 3. The summed E-state index contributed by atoms with van der Waals surface area (Å²) in [6, 6.07) is 14.9. The number of Topliss-reactive ketones (excluding diaryl/α,β-unsaturated/α-hetero) is 1. The van der Waals surface area contributed by atoms with E-state index in [1.54, 1.807) is 90.1 Å². The molecule has 354 valence electrons. The number of ether oxygens (including phenoxy) is 6. The van der Waals surface area contributed by atoms with Gasteiger partial charge in [-0.25, -0.2) is 18.8 Å². The molecule has 7 rings (SSSR count). The molecule has 2 heterocycles. The first-order chi connectivity index (χ1) is 30.5. The highest BCUT2D eigenvalue weighted by Crippen LogP contribution is 2.66. The molecule has 0 spiro atoms. The lowest BCUT2D eigenvalue weighted by Crippen LogP contribution is -2.81. The lowest BCUT2D eigenvalue weighted by atomic mass is 9.43. The molecule has 2 aromatic rings. The number of nitrogens with zero attached hydrogens (tertiary/aromatic N) is 1. The van der Waals surface area contributed by atoms with Crippen LogP contribution in [0.25, 0.3) is 0 Å². The van der Waals surface area contributed by atoms with Crippen LogP contribution in [0.15, 0.2) is 71.8 Å². The number of aliphatic hydroxyl groups excluding tert-OH is 1. The summed E-state index contributed by atoms with van der Waals surface area (Å²) in [6.45, 7) is 15.0. The minimum absolute atomic E-state index is 0.0984. The van der Waals surface area contributed by atoms with Gasteiger partial charge in [-0.2, -0.15) is 0 Å². The summed E-state index contributed by atoms with van der Waals surface area (Å²) >= 11 is 0. The van der Waals surface area contributed by atoms with Crippen LogP contribution in [0.1, 0.15) is 96.6 Å². The standard InChI is InChI=1S/C49H63FN2O13/c1-28-33(62-43(57)38(54)37(30-15-11-9-12-16-30)51-44(58)65-45(3,4)5)26-49(59)41(63-42(56)31-17-13-10-14-18-31)39-47(8,34(50)25-35-48(39,27-61-35)64-29(2)53)40(55)32(36(28)46(49,6)7)19-20-52-21-23-60-24-22-52/h9-18,32-35,37-39,41,54,59H,19-27H2,1-8H3,(H,51,58)/t32-,33+,34-,35-,37+,38-,39+,41+,47-,48+,49-/m1/s1. The van der Waals surface area contributed by atoms with Crippen LogP contribution in [0.2, 0.25) is 0 Å².